The van der Waals surface area contributed by atoms with Crippen LogP contribution < -0.4 is 0 Å². The molecule has 2 aromatic rings. The van der Waals surface area contributed by atoms with Crippen LogP contribution in [0.2, 0.25) is 0 Å². The number of phenols is 1. The molecule has 0 aliphatic heterocycles. The van der Waals surface area contributed by atoms with Gasteiger partial charge in [-0.15, -0.1) is 0 Å². The maximum Gasteiger partial charge on any atom is 0.338 e. The Kier molecular flexibility index (Phi) is 2.85. The number of rotatable bonds is 2. The van der Waals surface area contributed by atoms with Crippen LogP contribution in [0.5, 0.6) is 5.75 Å². The monoisotopic (exact) mass is 247 g/mol. The van der Waals surface area contributed by atoms with Gasteiger partial charge in [0.1, 0.15) is 5.75 Å². The highest BCUT2D eigenvalue weighted by atomic mass is 16.6. The van der Waals surface area contributed by atoms with E-state index in [1.165, 1.54) is 37.4 Å². The number of hydrogen-bond donors (Lipinski definition) is 1. The van der Waals surface area contributed by atoms with Crippen LogP contribution in [0.3, 0.4) is 0 Å². The van der Waals surface area contributed by atoms with Crippen molar-refractivity contribution < 1.29 is 19.6 Å². The van der Waals surface area contributed by atoms with E-state index in [-0.39, 0.29) is 17.0 Å². The number of nitrogens with zero attached hydrogens (tertiary/aromatic N) is 1. The lowest BCUT2D eigenvalue weighted by molar-refractivity contribution is -0.384. The van der Waals surface area contributed by atoms with Crippen molar-refractivity contribution in [2.24, 2.45) is 0 Å². The SMILES string of the molecule is COC(=O)c1cc(O)c2cc([N+](=O)[O-])ccc2c1. The molecule has 18 heavy (non-hydrogen) atoms. The van der Waals surface area contributed by atoms with Gasteiger partial charge < -0.3 is 9.84 Å². The second kappa shape index (κ2) is 4.33. The van der Waals surface area contributed by atoms with Gasteiger partial charge in [0.15, 0.2) is 0 Å². The van der Waals surface area contributed by atoms with Crippen LogP contribution in [0, 0.1) is 10.1 Å². The Morgan fingerprint density at radius 3 is 2.67 bits per heavy atom. The average molecular weight is 247 g/mol. The summed E-state index contributed by atoms with van der Waals surface area (Å²) in [6, 6.07) is 6.76. The van der Waals surface area contributed by atoms with Crippen molar-refractivity contribution in [2.75, 3.05) is 7.11 Å². The highest BCUT2D eigenvalue weighted by Gasteiger charge is 2.13. The van der Waals surface area contributed by atoms with Crippen molar-refractivity contribution in [3.8, 4) is 5.75 Å². The number of nitro benzene ring substituents is 1. The van der Waals surface area contributed by atoms with Gasteiger partial charge in [0.2, 0.25) is 0 Å². The lowest BCUT2D eigenvalue weighted by atomic mass is 10.1. The molecule has 2 aromatic carbocycles. The number of nitro groups is 1. The van der Waals surface area contributed by atoms with E-state index in [9.17, 15) is 20.0 Å². The number of non-ortho nitro benzene ring substituents is 1. The van der Waals surface area contributed by atoms with Gasteiger partial charge >= 0.3 is 5.97 Å². The fourth-order valence-corrected chi connectivity index (χ4v) is 1.68. The summed E-state index contributed by atoms with van der Waals surface area (Å²) in [7, 11) is 1.24. The van der Waals surface area contributed by atoms with Gasteiger partial charge in [0.05, 0.1) is 17.6 Å². The van der Waals surface area contributed by atoms with Gasteiger partial charge in [-0.2, -0.15) is 0 Å². The van der Waals surface area contributed by atoms with Gasteiger partial charge in [-0.3, -0.25) is 10.1 Å². The molecule has 0 heterocycles. The summed E-state index contributed by atoms with van der Waals surface area (Å²) in [6.07, 6.45) is 0. The molecular formula is C12H9NO5. The lowest BCUT2D eigenvalue weighted by Crippen LogP contribution is -2.00. The zero-order valence-electron chi connectivity index (χ0n) is 9.41. The molecule has 0 atom stereocenters. The van der Waals surface area contributed by atoms with Gasteiger partial charge in [0, 0.05) is 17.5 Å². The number of fused-ring (bicyclic) bond motifs is 1. The Morgan fingerprint density at radius 2 is 2.06 bits per heavy atom. The van der Waals surface area contributed by atoms with Crippen LogP contribution in [-0.4, -0.2) is 23.1 Å². The molecule has 0 aromatic heterocycles. The van der Waals surface area contributed by atoms with E-state index < -0.39 is 10.9 Å². The molecule has 0 radical (unpaired) electrons. The normalized spacial score (nSPS) is 10.3. The van der Waals surface area contributed by atoms with E-state index in [0.717, 1.165) is 0 Å². The number of benzene rings is 2. The molecule has 0 fully saturated rings. The molecule has 0 aliphatic carbocycles. The van der Waals surface area contributed by atoms with Crippen LogP contribution >= 0.6 is 0 Å². The summed E-state index contributed by atoms with van der Waals surface area (Å²) in [5.74, 6) is -0.776. The number of carbonyl (C=O) groups excluding carboxylic acids is 1. The number of ether oxygens (including phenoxy) is 1. The van der Waals surface area contributed by atoms with Crippen molar-refractivity contribution in [1.29, 1.82) is 0 Å². The number of esters is 1. The van der Waals surface area contributed by atoms with Crippen LogP contribution in [0.4, 0.5) is 5.69 Å². The summed E-state index contributed by atoms with van der Waals surface area (Å²) in [5, 5.41) is 21.2. The van der Waals surface area contributed by atoms with E-state index in [4.69, 9.17) is 0 Å². The van der Waals surface area contributed by atoms with E-state index >= 15 is 0 Å². The fraction of sp³-hybridized carbons (Fsp3) is 0.0833. The molecule has 2 rings (SSSR count). The van der Waals surface area contributed by atoms with Crippen molar-refractivity contribution in [3.63, 3.8) is 0 Å². The molecule has 0 bridgehead atoms. The predicted octanol–water partition coefficient (Wildman–Crippen LogP) is 2.24. The molecule has 0 saturated carbocycles. The van der Waals surface area contributed by atoms with Gasteiger partial charge in [-0.25, -0.2) is 4.79 Å². The van der Waals surface area contributed by atoms with Gasteiger partial charge in [0.25, 0.3) is 5.69 Å². The first kappa shape index (κ1) is 11.8. The third-order valence-corrected chi connectivity index (χ3v) is 2.55. The molecule has 0 unspecified atom stereocenters. The molecule has 0 aliphatic rings. The first-order valence-electron chi connectivity index (χ1n) is 5.02. The van der Waals surface area contributed by atoms with E-state index in [1.807, 2.05) is 0 Å². The number of methoxy groups -OCH3 is 1. The topological polar surface area (TPSA) is 89.7 Å². The smallest absolute Gasteiger partial charge is 0.338 e. The average Bonchev–Trinajstić information content (AvgIpc) is 2.37. The minimum atomic E-state index is -0.578. The quantitative estimate of drug-likeness (QED) is 0.499. The van der Waals surface area contributed by atoms with E-state index in [0.29, 0.717) is 10.8 Å². The summed E-state index contributed by atoms with van der Waals surface area (Å²) in [6.45, 7) is 0. The molecule has 0 saturated heterocycles. The van der Waals surface area contributed by atoms with Crippen LogP contribution in [0.1, 0.15) is 10.4 Å². The largest absolute Gasteiger partial charge is 0.507 e. The standard InChI is InChI=1S/C12H9NO5/c1-18-12(15)8-4-7-2-3-9(13(16)17)6-10(7)11(14)5-8/h2-6,14H,1H3. The minimum Gasteiger partial charge on any atom is -0.507 e. The molecule has 6 nitrogen and oxygen atoms in total. The Hall–Kier alpha value is -2.63. The van der Waals surface area contributed by atoms with E-state index in [1.54, 1.807) is 0 Å². The van der Waals surface area contributed by atoms with E-state index in [2.05, 4.69) is 4.74 Å². The zero-order valence-corrected chi connectivity index (χ0v) is 9.41. The van der Waals surface area contributed by atoms with Gasteiger partial charge in [-0.05, 0) is 23.6 Å². The predicted molar refractivity (Wildman–Crippen MR) is 63.6 cm³/mol. The van der Waals surface area contributed by atoms with Crippen LogP contribution in [0.25, 0.3) is 10.8 Å². The Morgan fingerprint density at radius 1 is 1.33 bits per heavy atom. The molecule has 6 heteroatoms. The molecule has 1 N–H and O–H groups in total. The number of hydrogen-bond acceptors (Lipinski definition) is 5. The highest BCUT2D eigenvalue weighted by molar-refractivity contribution is 5.98. The Labute approximate surface area is 102 Å². The lowest BCUT2D eigenvalue weighted by Gasteiger charge is -2.04. The fourth-order valence-electron chi connectivity index (χ4n) is 1.68. The Balaban J connectivity index is 2.65. The van der Waals surface area contributed by atoms with Crippen molar-refractivity contribution >= 4 is 22.4 Å². The molecule has 92 valence electrons. The maximum absolute atomic E-state index is 11.3. The van der Waals surface area contributed by atoms with Crippen molar-refractivity contribution in [1.82, 2.24) is 0 Å². The van der Waals surface area contributed by atoms with Crippen LogP contribution in [0.15, 0.2) is 30.3 Å². The second-order valence-corrected chi connectivity index (χ2v) is 3.65. The maximum atomic E-state index is 11.3. The summed E-state index contributed by atoms with van der Waals surface area (Å²) in [4.78, 5) is 21.4. The minimum absolute atomic E-state index is 0.122. The molecular weight excluding hydrogens is 238 g/mol. The molecule has 0 spiro atoms. The second-order valence-electron chi connectivity index (χ2n) is 3.65. The third-order valence-electron chi connectivity index (χ3n) is 2.55. The summed E-state index contributed by atoms with van der Waals surface area (Å²) < 4.78 is 4.54. The number of phenolic OH excluding ortho intramolecular Hbond substituents is 1. The third kappa shape index (κ3) is 1.95. The van der Waals surface area contributed by atoms with Crippen molar-refractivity contribution in [3.05, 3.63) is 46.0 Å². The number of carbonyl (C=O) groups is 1. The first-order chi connectivity index (χ1) is 8.52. The first-order valence-corrected chi connectivity index (χ1v) is 5.02. The highest BCUT2D eigenvalue weighted by Crippen LogP contribution is 2.30. The van der Waals surface area contributed by atoms with Crippen molar-refractivity contribution in [2.45, 2.75) is 0 Å². The summed E-state index contributed by atoms with van der Waals surface area (Å²) in [5.41, 5.74) is 0.0694. The van der Waals surface area contributed by atoms with Crippen LogP contribution in [-0.2, 0) is 4.74 Å². The summed E-state index contributed by atoms with van der Waals surface area (Å²) >= 11 is 0. The Bertz CT molecular complexity index is 650. The zero-order chi connectivity index (χ0) is 13.3. The van der Waals surface area contributed by atoms with Gasteiger partial charge in [-0.1, -0.05) is 0 Å². The molecule has 0 amide bonds. The number of aromatic hydroxyl groups is 1.